The number of nitrogens with one attached hydrogen (secondary N) is 1. The van der Waals surface area contributed by atoms with Gasteiger partial charge in [-0.15, -0.1) is 0 Å². The second-order valence-electron chi connectivity index (χ2n) is 6.74. The number of piperidine rings is 1. The Labute approximate surface area is 106 Å². The van der Waals surface area contributed by atoms with Crippen molar-refractivity contribution >= 4 is 0 Å². The average molecular weight is 236 g/mol. The van der Waals surface area contributed by atoms with Crippen LogP contribution in [0.15, 0.2) is 0 Å². The average Bonchev–Trinajstić information content (AvgIpc) is 3.19. The Morgan fingerprint density at radius 1 is 1.00 bits per heavy atom. The molecule has 0 unspecified atom stereocenters. The summed E-state index contributed by atoms with van der Waals surface area (Å²) in [5.74, 6) is 4.20. The summed E-state index contributed by atoms with van der Waals surface area (Å²) in [5.41, 5.74) is 0. The fourth-order valence-corrected chi connectivity index (χ4v) is 3.49. The normalized spacial score (nSPS) is 27.9. The molecule has 1 aliphatic heterocycles. The Morgan fingerprint density at radius 2 is 1.59 bits per heavy atom. The van der Waals surface area contributed by atoms with Crippen molar-refractivity contribution in [1.29, 1.82) is 0 Å². The molecule has 3 fully saturated rings. The van der Waals surface area contributed by atoms with Gasteiger partial charge >= 0.3 is 0 Å². The van der Waals surface area contributed by atoms with Gasteiger partial charge < -0.3 is 10.2 Å². The fraction of sp³-hybridized carbons (Fsp3) is 1.00. The van der Waals surface area contributed by atoms with Crippen molar-refractivity contribution in [2.45, 2.75) is 38.5 Å². The largest absolute Gasteiger partial charge is 0.316 e. The van der Waals surface area contributed by atoms with Gasteiger partial charge in [-0.05, 0) is 95.4 Å². The van der Waals surface area contributed by atoms with E-state index >= 15 is 0 Å². The SMILES string of the molecule is CN1CCC(CNCC(C2CC2)C2CC2)CC1. The summed E-state index contributed by atoms with van der Waals surface area (Å²) in [6.45, 7) is 5.22. The summed E-state index contributed by atoms with van der Waals surface area (Å²) >= 11 is 0. The van der Waals surface area contributed by atoms with Crippen LogP contribution in [-0.4, -0.2) is 38.1 Å². The zero-order valence-electron chi connectivity index (χ0n) is 11.3. The van der Waals surface area contributed by atoms with Gasteiger partial charge in [0.05, 0.1) is 0 Å². The third kappa shape index (κ3) is 3.45. The lowest BCUT2D eigenvalue weighted by molar-refractivity contribution is 0.213. The smallest absolute Gasteiger partial charge is 0.00151 e. The highest BCUT2D eigenvalue weighted by Crippen LogP contribution is 2.48. The van der Waals surface area contributed by atoms with Crippen LogP contribution in [0.1, 0.15) is 38.5 Å². The number of likely N-dealkylation sites (tertiary alicyclic amines) is 1. The standard InChI is InChI=1S/C15H28N2/c1-17-8-6-12(7-9-17)10-16-11-15(13-2-3-13)14-4-5-14/h12-16H,2-11H2,1H3. The highest BCUT2D eigenvalue weighted by Gasteiger charge is 2.40. The first-order chi connectivity index (χ1) is 8.33. The quantitative estimate of drug-likeness (QED) is 0.761. The van der Waals surface area contributed by atoms with Crippen LogP contribution in [0.2, 0.25) is 0 Å². The molecule has 3 aliphatic rings. The molecule has 1 heterocycles. The Balaban J connectivity index is 1.33. The van der Waals surface area contributed by atoms with Crippen LogP contribution >= 0.6 is 0 Å². The Kier molecular flexibility index (Phi) is 3.72. The highest BCUT2D eigenvalue weighted by atomic mass is 15.1. The molecular weight excluding hydrogens is 208 g/mol. The van der Waals surface area contributed by atoms with Gasteiger partial charge in [0.25, 0.3) is 0 Å². The Hall–Kier alpha value is -0.0800. The molecule has 98 valence electrons. The van der Waals surface area contributed by atoms with Crippen molar-refractivity contribution in [3.05, 3.63) is 0 Å². The van der Waals surface area contributed by atoms with Crippen LogP contribution in [0.4, 0.5) is 0 Å². The molecule has 1 saturated heterocycles. The molecule has 0 atom stereocenters. The van der Waals surface area contributed by atoms with E-state index in [1.165, 1.54) is 64.7 Å². The van der Waals surface area contributed by atoms with Crippen molar-refractivity contribution in [2.24, 2.45) is 23.7 Å². The molecule has 1 N–H and O–H groups in total. The van der Waals surface area contributed by atoms with Gasteiger partial charge in [0.2, 0.25) is 0 Å². The molecule has 0 aromatic rings. The van der Waals surface area contributed by atoms with Crippen molar-refractivity contribution in [2.75, 3.05) is 33.2 Å². The maximum Gasteiger partial charge on any atom is -0.00151 e. The predicted molar refractivity (Wildman–Crippen MR) is 72.0 cm³/mol. The number of nitrogens with zero attached hydrogens (tertiary/aromatic N) is 1. The van der Waals surface area contributed by atoms with Gasteiger partial charge in [-0.3, -0.25) is 0 Å². The zero-order chi connectivity index (χ0) is 11.7. The summed E-state index contributed by atoms with van der Waals surface area (Å²) in [5, 5.41) is 3.79. The van der Waals surface area contributed by atoms with Crippen LogP contribution in [0.3, 0.4) is 0 Å². The lowest BCUT2D eigenvalue weighted by Gasteiger charge is -2.29. The van der Waals surface area contributed by atoms with Gasteiger partial charge in [-0.1, -0.05) is 0 Å². The van der Waals surface area contributed by atoms with Crippen LogP contribution in [0.25, 0.3) is 0 Å². The lowest BCUT2D eigenvalue weighted by Crippen LogP contribution is -2.36. The Morgan fingerprint density at radius 3 is 2.12 bits per heavy atom. The molecule has 2 aliphatic carbocycles. The minimum atomic E-state index is 0.949. The minimum Gasteiger partial charge on any atom is -0.316 e. The van der Waals surface area contributed by atoms with Crippen LogP contribution in [0, 0.1) is 23.7 Å². The maximum atomic E-state index is 3.79. The van der Waals surface area contributed by atoms with Gasteiger partial charge in [0, 0.05) is 0 Å². The first kappa shape index (κ1) is 12.0. The predicted octanol–water partition coefficient (Wildman–Crippen LogP) is 2.35. The number of hydrogen-bond acceptors (Lipinski definition) is 2. The highest BCUT2D eigenvalue weighted by molar-refractivity contribution is 4.92. The van der Waals surface area contributed by atoms with Crippen LogP contribution < -0.4 is 5.32 Å². The molecule has 2 heteroatoms. The van der Waals surface area contributed by atoms with Gasteiger partial charge in [-0.25, -0.2) is 0 Å². The monoisotopic (exact) mass is 236 g/mol. The molecule has 0 radical (unpaired) electrons. The lowest BCUT2D eigenvalue weighted by atomic mass is 9.95. The van der Waals surface area contributed by atoms with Crippen molar-refractivity contribution in [3.63, 3.8) is 0 Å². The second kappa shape index (κ2) is 5.27. The van der Waals surface area contributed by atoms with E-state index in [1.54, 1.807) is 0 Å². The van der Waals surface area contributed by atoms with Crippen LogP contribution in [0.5, 0.6) is 0 Å². The molecule has 3 rings (SSSR count). The molecule has 0 aromatic heterocycles. The van der Waals surface area contributed by atoms with Gasteiger partial charge in [0.1, 0.15) is 0 Å². The molecule has 0 bridgehead atoms. The molecule has 2 nitrogen and oxygen atoms in total. The topological polar surface area (TPSA) is 15.3 Å². The first-order valence-corrected chi connectivity index (χ1v) is 7.72. The van der Waals surface area contributed by atoms with Crippen LogP contribution in [-0.2, 0) is 0 Å². The van der Waals surface area contributed by atoms with E-state index in [-0.39, 0.29) is 0 Å². The van der Waals surface area contributed by atoms with E-state index < -0.39 is 0 Å². The van der Waals surface area contributed by atoms with Gasteiger partial charge in [-0.2, -0.15) is 0 Å². The second-order valence-corrected chi connectivity index (χ2v) is 6.74. The van der Waals surface area contributed by atoms with E-state index in [1.807, 2.05) is 0 Å². The summed E-state index contributed by atoms with van der Waals surface area (Å²) < 4.78 is 0. The summed E-state index contributed by atoms with van der Waals surface area (Å²) in [6.07, 6.45) is 8.91. The number of hydrogen-bond donors (Lipinski definition) is 1. The Bertz CT molecular complexity index is 225. The molecular formula is C15H28N2. The molecule has 0 aromatic carbocycles. The molecule has 2 saturated carbocycles. The first-order valence-electron chi connectivity index (χ1n) is 7.72. The zero-order valence-corrected chi connectivity index (χ0v) is 11.3. The summed E-state index contributed by atoms with van der Waals surface area (Å²) in [4.78, 5) is 2.47. The van der Waals surface area contributed by atoms with E-state index in [9.17, 15) is 0 Å². The minimum absolute atomic E-state index is 0.949. The molecule has 0 amide bonds. The molecule has 17 heavy (non-hydrogen) atoms. The summed E-state index contributed by atoms with van der Waals surface area (Å²) in [6, 6.07) is 0. The van der Waals surface area contributed by atoms with E-state index in [0.717, 1.165) is 23.7 Å². The van der Waals surface area contributed by atoms with Crippen molar-refractivity contribution < 1.29 is 0 Å². The van der Waals surface area contributed by atoms with E-state index in [2.05, 4.69) is 17.3 Å². The fourth-order valence-electron chi connectivity index (χ4n) is 3.49. The van der Waals surface area contributed by atoms with E-state index in [4.69, 9.17) is 0 Å². The molecule has 0 spiro atoms. The third-order valence-corrected chi connectivity index (χ3v) is 5.11. The van der Waals surface area contributed by atoms with Gasteiger partial charge in [0.15, 0.2) is 0 Å². The maximum absolute atomic E-state index is 3.79. The number of rotatable bonds is 6. The summed E-state index contributed by atoms with van der Waals surface area (Å²) in [7, 11) is 2.25. The van der Waals surface area contributed by atoms with Crippen molar-refractivity contribution in [3.8, 4) is 0 Å². The van der Waals surface area contributed by atoms with E-state index in [0.29, 0.717) is 0 Å². The third-order valence-electron chi connectivity index (χ3n) is 5.11. The van der Waals surface area contributed by atoms with Crippen molar-refractivity contribution in [1.82, 2.24) is 10.2 Å².